The first-order valence-electron chi connectivity index (χ1n) is 5.33. The van der Waals surface area contributed by atoms with Gasteiger partial charge in [0.15, 0.2) is 11.5 Å². The number of phenolic OH excluding ortho intramolecular Hbond substituents is 1. The van der Waals surface area contributed by atoms with Crippen molar-refractivity contribution in [3.8, 4) is 17.2 Å². The topological polar surface area (TPSA) is 76.0 Å². The van der Waals surface area contributed by atoms with Crippen LogP contribution in [0.15, 0.2) is 12.1 Å². The predicted molar refractivity (Wildman–Crippen MR) is 61.8 cm³/mol. The maximum Gasteiger partial charge on any atom is 0.303 e. The van der Waals surface area contributed by atoms with Crippen molar-refractivity contribution in [1.29, 1.82) is 0 Å². The van der Waals surface area contributed by atoms with Gasteiger partial charge in [0.1, 0.15) is 0 Å². The van der Waals surface area contributed by atoms with Crippen LogP contribution >= 0.6 is 0 Å². The minimum atomic E-state index is -0.877. The average Bonchev–Trinajstić information content (AvgIpc) is 2.26. The fourth-order valence-corrected chi connectivity index (χ4v) is 1.51. The molecule has 0 aliphatic heterocycles. The number of aryl methyl sites for hydroxylation is 1. The Hall–Kier alpha value is -1.91. The highest BCUT2D eigenvalue weighted by Gasteiger charge is 2.12. The molecule has 0 aliphatic rings. The highest BCUT2D eigenvalue weighted by Crippen LogP contribution is 2.37. The number of carboxylic acid groups (broad SMARTS) is 1. The highest BCUT2D eigenvalue weighted by molar-refractivity contribution is 5.67. The Labute approximate surface area is 99.6 Å². The maximum absolute atomic E-state index is 10.5. The van der Waals surface area contributed by atoms with Gasteiger partial charge in [-0.1, -0.05) is 0 Å². The summed E-state index contributed by atoms with van der Waals surface area (Å²) >= 11 is 0. The summed E-state index contributed by atoms with van der Waals surface area (Å²) < 4.78 is 10.3. The van der Waals surface area contributed by atoms with E-state index in [1.165, 1.54) is 13.2 Å². The first kappa shape index (κ1) is 13.2. The largest absolute Gasteiger partial charge is 0.504 e. The summed E-state index contributed by atoms with van der Waals surface area (Å²) in [4.78, 5) is 10.5. The lowest BCUT2D eigenvalue weighted by Gasteiger charge is -2.12. The second-order valence-corrected chi connectivity index (χ2v) is 3.47. The summed E-state index contributed by atoms with van der Waals surface area (Å²) in [6.07, 6.45) is 0.351. The quantitative estimate of drug-likeness (QED) is 0.793. The van der Waals surface area contributed by atoms with E-state index in [2.05, 4.69) is 0 Å². The third kappa shape index (κ3) is 3.55. The van der Waals surface area contributed by atoms with Crippen molar-refractivity contribution < 1.29 is 24.5 Å². The summed E-state index contributed by atoms with van der Waals surface area (Å²) in [7, 11) is 1.44. The summed E-state index contributed by atoms with van der Waals surface area (Å²) in [6, 6.07) is 3.18. The minimum absolute atomic E-state index is 0.0112. The molecular formula is C12H16O5. The number of aliphatic carboxylic acids is 1. The van der Waals surface area contributed by atoms with Gasteiger partial charge in [-0.05, 0) is 31.0 Å². The summed E-state index contributed by atoms with van der Waals surface area (Å²) in [5, 5.41) is 18.3. The van der Waals surface area contributed by atoms with Gasteiger partial charge in [0.2, 0.25) is 5.75 Å². The number of carbonyl (C=O) groups is 1. The van der Waals surface area contributed by atoms with E-state index in [1.807, 2.05) is 6.92 Å². The Morgan fingerprint density at radius 1 is 1.41 bits per heavy atom. The smallest absolute Gasteiger partial charge is 0.303 e. The number of ether oxygens (including phenoxy) is 2. The van der Waals surface area contributed by atoms with E-state index in [-0.39, 0.29) is 17.9 Å². The molecule has 0 bridgehead atoms. The molecule has 0 saturated carbocycles. The third-order valence-electron chi connectivity index (χ3n) is 2.23. The van der Waals surface area contributed by atoms with Crippen LogP contribution in [-0.4, -0.2) is 29.9 Å². The molecule has 0 aromatic heterocycles. The summed E-state index contributed by atoms with van der Waals surface area (Å²) in [5.74, 6) is -0.224. The lowest BCUT2D eigenvalue weighted by molar-refractivity contribution is -0.136. The van der Waals surface area contributed by atoms with Crippen molar-refractivity contribution in [2.24, 2.45) is 0 Å². The molecule has 0 fully saturated rings. The van der Waals surface area contributed by atoms with E-state index >= 15 is 0 Å². The van der Waals surface area contributed by atoms with Crippen LogP contribution in [0.2, 0.25) is 0 Å². The molecule has 5 nitrogen and oxygen atoms in total. The van der Waals surface area contributed by atoms with Crippen molar-refractivity contribution in [1.82, 2.24) is 0 Å². The normalized spacial score (nSPS) is 10.0. The minimum Gasteiger partial charge on any atom is -0.504 e. The van der Waals surface area contributed by atoms with Crippen LogP contribution in [0.1, 0.15) is 18.9 Å². The molecule has 2 N–H and O–H groups in total. The van der Waals surface area contributed by atoms with E-state index in [0.29, 0.717) is 24.3 Å². The molecule has 0 unspecified atom stereocenters. The monoisotopic (exact) mass is 240 g/mol. The molecule has 0 saturated heterocycles. The van der Waals surface area contributed by atoms with Crippen molar-refractivity contribution in [3.05, 3.63) is 17.7 Å². The van der Waals surface area contributed by atoms with Crippen molar-refractivity contribution >= 4 is 5.97 Å². The lowest BCUT2D eigenvalue weighted by atomic mass is 10.1. The van der Waals surface area contributed by atoms with Crippen LogP contribution in [-0.2, 0) is 11.2 Å². The molecule has 0 heterocycles. The lowest BCUT2D eigenvalue weighted by Crippen LogP contribution is -2.00. The van der Waals surface area contributed by atoms with E-state index < -0.39 is 5.97 Å². The van der Waals surface area contributed by atoms with Gasteiger partial charge in [0, 0.05) is 6.42 Å². The molecule has 0 aliphatic carbocycles. The second-order valence-electron chi connectivity index (χ2n) is 3.47. The Kier molecular flexibility index (Phi) is 4.63. The number of carboxylic acids is 1. The molecule has 0 atom stereocenters. The van der Waals surface area contributed by atoms with Crippen molar-refractivity contribution in [3.63, 3.8) is 0 Å². The third-order valence-corrected chi connectivity index (χ3v) is 2.23. The van der Waals surface area contributed by atoms with Crippen LogP contribution in [0.3, 0.4) is 0 Å². The van der Waals surface area contributed by atoms with Gasteiger partial charge >= 0.3 is 5.97 Å². The van der Waals surface area contributed by atoms with E-state index in [0.717, 1.165) is 0 Å². The predicted octanol–water partition coefficient (Wildman–Crippen LogP) is 1.82. The van der Waals surface area contributed by atoms with Crippen LogP contribution in [0.25, 0.3) is 0 Å². The zero-order valence-corrected chi connectivity index (χ0v) is 9.90. The summed E-state index contributed by atoms with van der Waals surface area (Å²) in [5.41, 5.74) is 0.703. The fraction of sp³-hybridized carbons (Fsp3) is 0.417. The van der Waals surface area contributed by atoms with Crippen molar-refractivity contribution in [2.45, 2.75) is 19.8 Å². The van der Waals surface area contributed by atoms with Gasteiger partial charge in [-0.2, -0.15) is 0 Å². The molecule has 1 aromatic rings. The standard InChI is InChI=1S/C12H16O5/c1-3-17-10-7-8(4-5-11(14)15)6-9(13)12(10)16-2/h6-7,13H,3-5H2,1-2H3,(H,14,15). The molecule has 94 valence electrons. The van der Waals surface area contributed by atoms with Gasteiger partial charge < -0.3 is 19.7 Å². The van der Waals surface area contributed by atoms with Gasteiger partial charge in [-0.25, -0.2) is 0 Å². The fourth-order valence-electron chi connectivity index (χ4n) is 1.51. The summed E-state index contributed by atoms with van der Waals surface area (Å²) in [6.45, 7) is 2.26. The molecule has 1 rings (SSSR count). The molecule has 5 heteroatoms. The Bertz CT molecular complexity index is 400. The van der Waals surface area contributed by atoms with E-state index in [4.69, 9.17) is 14.6 Å². The average molecular weight is 240 g/mol. The van der Waals surface area contributed by atoms with Crippen LogP contribution in [0, 0.1) is 0 Å². The van der Waals surface area contributed by atoms with Crippen molar-refractivity contribution in [2.75, 3.05) is 13.7 Å². The number of rotatable bonds is 6. The number of hydrogen-bond donors (Lipinski definition) is 2. The number of benzene rings is 1. The zero-order valence-electron chi connectivity index (χ0n) is 9.90. The first-order valence-corrected chi connectivity index (χ1v) is 5.33. The Morgan fingerprint density at radius 2 is 2.12 bits per heavy atom. The van der Waals surface area contributed by atoms with Crippen LogP contribution in [0.4, 0.5) is 0 Å². The maximum atomic E-state index is 10.5. The molecule has 0 amide bonds. The zero-order chi connectivity index (χ0) is 12.8. The highest BCUT2D eigenvalue weighted by atomic mass is 16.5. The number of aromatic hydroxyl groups is 1. The SMILES string of the molecule is CCOc1cc(CCC(=O)O)cc(O)c1OC. The van der Waals surface area contributed by atoms with Crippen LogP contribution < -0.4 is 9.47 Å². The van der Waals surface area contributed by atoms with Gasteiger partial charge in [-0.3, -0.25) is 4.79 Å². The Balaban J connectivity index is 2.97. The number of hydrogen-bond acceptors (Lipinski definition) is 4. The second kappa shape index (κ2) is 5.98. The molecule has 0 spiro atoms. The van der Waals surface area contributed by atoms with Gasteiger partial charge in [0.05, 0.1) is 13.7 Å². The van der Waals surface area contributed by atoms with Crippen LogP contribution in [0.5, 0.6) is 17.2 Å². The molecule has 1 aromatic carbocycles. The first-order chi connectivity index (χ1) is 8.08. The number of methoxy groups -OCH3 is 1. The number of phenols is 1. The molecule has 17 heavy (non-hydrogen) atoms. The van der Waals surface area contributed by atoms with Gasteiger partial charge in [0.25, 0.3) is 0 Å². The van der Waals surface area contributed by atoms with E-state index in [9.17, 15) is 9.90 Å². The van der Waals surface area contributed by atoms with E-state index in [1.54, 1.807) is 6.07 Å². The Morgan fingerprint density at radius 3 is 2.65 bits per heavy atom. The van der Waals surface area contributed by atoms with Gasteiger partial charge in [-0.15, -0.1) is 0 Å². The molecular weight excluding hydrogens is 224 g/mol. The molecule has 0 radical (unpaired) electrons.